The summed E-state index contributed by atoms with van der Waals surface area (Å²) in [6.07, 6.45) is 8.67. The van der Waals surface area contributed by atoms with Gasteiger partial charge >= 0.3 is 0 Å². The first-order chi connectivity index (χ1) is 10.7. The first-order valence-corrected chi connectivity index (χ1v) is 7.65. The van der Waals surface area contributed by atoms with Crippen LogP contribution in [-0.2, 0) is 0 Å². The number of fused-ring (bicyclic) bond motifs is 1. The monoisotopic (exact) mass is 303 g/mol. The minimum absolute atomic E-state index is 0.125. The third-order valence-electron chi connectivity index (χ3n) is 3.88. The molecule has 2 aromatic rings. The highest BCUT2D eigenvalue weighted by Crippen LogP contribution is 2.31. The minimum atomic E-state index is 0.125. The molecule has 1 aliphatic rings. The Labute approximate surface area is 128 Å². The van der Waals surface area contributed by atoms with Crippen LogP contribution in [-0.4, -0.2) is 37.8 Å². The summed E-state index contributed by atoms with van der Waals surface area (Å²) in [6, 6.07) is 0.125. The molecule has 0 saturated carbocycles. The van der Waals surface area contributed by atoms with Gasteiger partial charge in [0.1, 0.15) is 0 Å². The average Bonchev–Trinajstić information content (AvgIpc) is 3.13. The Morgan fingerprint density at radius 3 is 3.00 bits per heavy atom. The Morgan fingerprint density at radius 2 is 2.27 bits per heavy atom. The molecule has 3 N–H and O–H groups in total. The number of allylic oxidation sites excluding steroid dienone is 1. The van der Waals surface area contributed by atoms with Gasteiger partial charge in [-0.1, -0.05) is 25.5 Å². The highest BCUT2D eigenvalue weighted by Gasteiger charge is 2.23. The highest BCUT2D eigenvalue weighted by molar-refractivity contribution is 5.77. The van der Waals surface area contributed by atoms with Crippen molar-refractivity contribution in [1.82, 2.24) is 19.5 Å². The maximum absolute atomic E-state index is 9.26. The molecule has 2 unspecified atom stereocenters. The highest BCUT2D eigenvalue weighted by atomic mass is 16.5. The maximum atomic E-state index is 9.26. The van der Waals surface area contributed by atoms with Crippen LogP contribution < -0.4 is 10.5 Å². The zero-order valence-electron chi connectivity index (χ0n) is 12.6. The predicted molar refractivity (Wildman–Crippen MR) is 83.5 cm³/mol. The van der Waals surface area contributed by atoms with Crippen LogP contribution in [0.15, 0.2) is 18.5 Å². The molecule has 0 aliphatic heterocycles. The summed E-state index contributed by atoms with van der Waals surface area (Å²) in [7, 11) is 0. The minimum Gasteiger partial charge on any atom is -0.476 e. The van der Waals surface area contributed by atoms with E-state index in [9.17, 15) is 5.11 Å². The van der Waals surface area contributed by atoms with Gasteiger partial charge in [0.2, 0.25) is 11.8 Å². The normalized spacial score (nSPS) is 20.8. The van der Waals surface area contributed by atoms with E-state index in [0.29, 0.717) is 23.7 Å². The zero-order chi connectivity index (χ0) is 15.5. The fourth-order valence-electron chi connectivity index (χ4n) is 2.66. The van der Waals surface area contributed by atoms with Crippen molar-refractivity contribution < 1.29 is 9.84 Å². The Balaban J connectivity index is 1.92. The summed E-state index contributed by atoms with van der Waals surface area (Å²) in [4.78, 5) is 12.9. The largest absolute Gasteiger partial charge is 0.476 e. The third-order valence-corrected chi connectivity index (χ3v) is 3.88. The lowest BCUT2D eigenvalue weighted by atomic mass is 10.1. The second kappa shape index (κ2) is 6.31. The molecule has 0 amide bonds. The van der Waals surface area contributed by atoms with Crippen LogP contribution in [0.2, 0.25) is 0 Å². The maximum Gasteiger partial charge on any atom is 0.247 e. The SMILES string of the molecule is CCCCOc1nc(N)nc2c1ncn2C1C=CC(CO)C1. The molecule has 22 heavy (non-hydrogen) atoms. The van der Waals surface area contributed by atoms with Gasteiger partial charge in [-0.05, 0) is 12.8 Å². The van der Waals surface area contributed by atoms with Gasteiger partial charge in [-0.2, -0.15) is 9.97 Å². The van der Waals surface area contributed by atoms with Crippen molar-refractivity contribution in [1.29, 1.82) is 0 Å². The van der Waals surface area contributed by atoms with Crippen molar-refractivity contribution in [2.75, 3.05) is 18.9 Å². The van der Waals surface area contributed by atoms with E-state index in [0.717, 1.165) is 19.3 Å². The number of nitrogens with zero attached hydrogens (tertiary/aromatic N) is 4. The summed E-state index contributed by atoms with van der Waals surface area (Å²) in [5.41, 5.74) is 7.11. The molecule has 7 nitrogen and oxygen atoms in total. The molecule has 1 aliphatic carbocycles. The number of unbranched alkanes of at least 4 members (excludes halogenated alkanes) is 1. The smallest absolute Gasteiger partial charge is 0.247 e. The molecular formula is C15H21N5O2. The van der Waals surface area contributed by atoms with Gasteiger partial charge in [0.25, 0.3) is 0 Å². The van der Waals surface area contributed by atoms with E-state index in [1.165, 1.54) is 0 Å². The lowest BCUT2D eigenvalue weighted by Crippen LogP contribution is -2.09. The van der Waals surface area contributed by atoms with Gasteiger partial charge in [0, 0.05) is 12.5 Å². The molecule has 0 radical (unpaired) electrons. The van der Waals surface area contributed by atoms with Gasteiger partial charge < -0.3 is 20.1 Å². The topological polar surface area (TPSA) is 99.1 Å². The molecule has 118 valence electrons. The van der Waals surface area contributed by atoms with Crippen molar-refractivity contribution in [3.8, 4) is 5.88 Å². The summed E-state index contributed by atoms with van der Waals surface area (Å²) >= 11 is 0. The Hall–Kier alpha value is -2.15. The fourth-order valence-corrected chi connectivity index (χ4v) is 2.66. The third kappa shape index (κ3) is 2.76. The van der Waals surface area contributed by atoms with E-state index in [1.54, 1.807) is 6.33 Å². The molecule has 0 saturated heterocycles. The number of aliphatic hydroxyl groups excluding tert-OH is 1. The second-order valence-corrected chi connectivity index (χ2v) is 5.54. The zero-order valence-corrected chi connectivity index (χ0v) is 12.6. The van der Waals surface area contributed by atoms with Crippen molar-refractivity contribution in [3.05, 3.63) is 18.5 Å². The van der Waals surface area contributed by atoms with Crippen molar-refractivity contribution >= 4 is 17.1 Å². The number of aromatic nitrogens is 4. The number of hydrogen-bond donors (Lipinski definition) is 2. The number of aliphatic hydroxyl groups is 1. The second-order valence-electron chi connectivity index (χ2n) is 5.54. The molecule has 0 spiro atoms. The van der Waals surface area contributed by atoms with E-state index >= 15 is 0 Å². The van der Waals surface area contributed by atoms with Crippen molar-refractivity contribution in [3.63, 3.8) is 0 Å². The van der Waals surface area contributed by atoms with Gasteiger partial charge in [-0.15, -0.1) is 0 Å². The molecule has 2 heterocycles. The quantitative estimate of drug-likeness (QED) is 0.622. The number of anilines is 1. The van der Waals surface area contributed by atoms with Gasteiger partial charge in [0.15, 0.2) is 11.2 Å². The number of imidazole rings is 1. The van der Waals surface area contributed by atoms with Gasteiger partial charge in [-0.25, -0.2) is 4.98 Å². The van der Waals surface area contributed by atoms with E-state index in [1.807, 2.05) is 10.6 Å². The van der Waals surface area contributed by atoms with Crippen LogP contribution >= 0.6 is 0 Å². The van der Waals surface area contributed by atoms with E-state index in [4.69, 9.17) is 10.5 Å². The summed E-state index contributed by atoms with van der Waals surface area (Å²) < 4.78 is 7.66. The summed E-state index contributed by atoms with van der Waals surface area (Å²) in [6.45, 7) is 2.85. The number of rotatable bonds is 6. The fraction of sp³-hybridized carbons (Fsp3) is 0.533. The van der Waals surface area contributed by atoms with E-state index < -0.39 is 0 Å². The van der Waals surface area contributed by atoms with Gasteiger partial charge in [0.05, 0.1) is 19.0 Å². The summed E-state index contributed by atoms with van der Waals surface area (Å²) in [5.74, 6) is 0.804. The standard InChI is InChI=1S/C15H21N5O2/c1-2-3-6-22-14-12-13(18-15(16)19-14)20(9-17-12)11-5-4-10(7-11)8-21/h4-5,9-11,21H,2-3,6-8H2,1H3,(H2,16,18,19). The number of nitrogen functional groups attached to an aromatic ring is 1. The number of ether oxygens (including phenoxy) is 1. The molecule has 0 aromatic carbocycles. The van der Waals surface area contributed by atoms with Crippen LogP contribution in [0.25, 0.3) is 11.2 Å². The Kier molecular flexibility index (Phi) is 4.24. The summed E-state index contributed by atoms with van der Waals surface area (Å²) in [5, 5.41) is 9.26. The molecule has 7 heteroatoms. The predicted octanol–water partition coefficient (Wildman–Crippen LogP) is 1.70. The lowest BCUT2D eigenvalue weighted by molar-refractivity contribution is 0.244. The molecule has 3 rings (SSSR count). The number of hydrogen-bond acceptors (Lipinski definition) is 6. The Morgan fingerprint density at radius 1 is 1.41 bits per heavy atom. The van der Waals surface area contributed by atoms with Crippen LogP contribution in [0.1, 0.15) is 32.2 Å². The van der Waals surface area contributed by atoms with Crippen molar-refractivity contribution in [2.24, 2.45) is 5.92 Å². The molecule has 0 fully saturated rings. The molecule has 0 bridgehead atoms. The van der Waals surface area contributed by atoms with Crippen molar-refractivity contribution in [2.45, 2.75) is 32.2 Å². The van der Waals surface area contributed by atoms with E-state index in [-0.39, 0.29) is 24.5 Å². The molecule has 2 atom stereocenters. The Bertz CT molecular complexity index is 682. The van der Waals surface area contributed by atoms with Crippen LogP contribution in [0.4, 0.5) is 5.95 Å². The van der Waals surface area contributed by atoms with E-state index in [2.05, 4.69) is 28.0 Å². The molecular weight excluding hydrogens is 282 g/mol. The van der Waals surface area contributed by atoms with Crippen LogP contribution in [0, 0.1) is 5.92 Å². The molecule has 2 aromatic heterocycles. The van der Waals surface area contributed by atoms with Gasteiger partial charge in [-0.3, -0.25) is 0 Å². The van der Waals surface area contributed by atoms with Crippen LogP contribution in [0.3, 0.4) is 0 Å². The first-order valence-electron chi connectivity index (χ1n) is 7.65. The number of nitrogens with two attached hydrogens (primary N) is 1. The van der Waals surface area contributed by atoms with Crippen LogP contribution in [0.5, 0.6) is 5.88 Å². The lowest BCUT2D eigenvalue weighted by Gasteiger charge is -2.13. The average molecular weight is 303 g/mol. The first kappa shape index (κ1) is 14.8.